The quantitative estimate of drug-likeness (QED) is 0.883. The summed E-state index contributed by atoms with van der Waals surface area (Å²) in [5.74, 6) is -0.520. The Kier molecular flexibility index (Phi) is 4.05. The Morgan fingerprint density at radius 3 is 2.17 bits per heavy atom. The molecule has 0 unspecified atom stereocenters. The summed E-state index contributed by atoms with van der Waals surface area (Å²) in [6, 6.07) is 11.0. The van der Waals surface area contributed by atoms with Crippen molar-refractivity contribution in [3.8, 4) is 0 Å². The second-order valence-corrected chi connectivity index (χ2v) is 4.25. The monoisotopic (exact) mass is 247 g/mol. The van der Waals surface area contributed by atoms with E-state index in [1.807, 2.05) is 0 Å². The Balaban J connectivity index is 2.26. The summed E-state index contributed by atoms with van der Waals surface area (Å²) in [6.45, 7) is 0.530. The van der Waals surface area contributed by atoms with Gasteiger partial charge in [-0.05, 0) is 60.3 Å². The Bertz CT molecular complexity index is 521. The Morgan fingerprint density at radius 1 is 0.833 bits per heavy atom. The van der Waals surface area contributed by atoms with Crippen molar-refractivity contribution in [1.29, 1.82) is 0 Å². The lowest BCUT2D eigenvalue weighted by Crippen LogP contribution is -2.06. The predicted molar refractivity (Wildman–Crippen MR) is 68.4 cm³/mol. The topological polar surface area (TPSA) is 26.0 Å². The maximum Gasteiger partial charge on any atom is 0.123 e. The molecular weight excluding hydrogens is 232 g/mol. The van der Waals surface area contributed by atoms with Gasteiger partial charge >= 0.3 is 0 Å². The van der Waals surface area contributed by atoms with E-state index < -0.39 is 0 Å². The number of hydrogen-bond donors (Lipinski definition) is 1. The third-order valence-electron chi connectivity index (χ3n) is 2.89. The van der Waals surface area contributed by atoms with Gasteiger partial charge in [0.1, 0.15) is 11.6 Å². The SMILES string of the molecule is NCCc1ccc(F)cc1Cc1ccc(F)cc1. The van der Waals surface area contributed by atoms with Crippen molar-refractivity contribution in [1.82, 2.24) is 0 Å². The van der Waals surface area contributed by atoms with E-state index in [1.54, 1.807) is 18.2 Å². The molecule has 0 fully saturated rings. The number of benzene rings is 2. The predicted octanol–water partition coefficient (Wildman–Crippen LogP) is 3.06. The minimum atomic E-state index is -0.264. The molecule has 94 valence electrons. The zero-order valence-corrected chi connectivity index (χ0v) is 10.00. The van der Waals surface area contributed by atoms with Gasteiger partial charge in [0.2, 0.25) is 0 Å². The summed E-state index contributed by atoms with van der Waals surface area (Å²) in [5, 5.41) is 0. The molecule has 0 bridgehead atoms. The standard InChI is InChI=1S/C15H15F2N/c16-14-4-1-11(2-5-14)9-13-10-15(17)6-3-12(13)7-8-18/h1-6,10H,7-9,18H2. The van der Waals surface area contributed by atoms with E-state index in [0.29, 0.717) is 13.0 Å². The molecule has 0 atom stereocenters. The molecule has 0 amide bonds. The van der Waals surface area contributed by atoms with Crippen LogP contribution in [0.15, 0.2) is 42.5 Å². The number of hydrogen-bond acceptors (Lipinski definition) is 1. The third-order valence-corrected chi connectivity index (χ3v) is 2.89. The van der Waals surface area contributed by atoms with Gasteiger partial charge in [-0.25, -0.2) is 8.78 Å². The van der Waals surface area contributed by atoms with Crippen LogP contribution in [-0.2, 0) is 12.8 Å². The van der Waals surface area contributed by atoms with Gasteiger partial charge < -0.3 is 5.73 Å². The smallest absolute Gasteiger partial charge is 0.123 e. The van der Waals surface area contributed by atoms with Crippen LogP contribution in [0.2, 0.25) is 0 Å². The van der Waals surface area contributed by atoms with Crippen molar-refractivity contribution < 1.29 is 8.78 Å². The first-order valence-corrected chi connectivity index (χ1v) is 5.91. The third kappa shape index (κ3) is 3.14. The highest BCUT2D eigenvalue weighted by molar-refractivity contribution is 5.33. The molecule has 0 aliphatic heterocycles. The fraction of sp³-hybridized carbons (Fsp3) is 0.200. The lowest BCUT2D eigenvalue weighted by Gasteiger charge is -2.09. The van der Waals surface area contributed by atoms with Gasteiger partial charge in [-0.3, -0.25) is 0 Å². The van der Waals surface area contributed by atoms with Crippen LogP contribution < -0.4 is 5.73 Å². The molecule has 3 heteroatoms. The molecule has 2 aromatic carbocycles. The minimum Gasteiger partial charge on any atom is -0.330 e. The molecule has 0 aromatic heterocycles. The fourth-order valence-electron chi connectivity index (χ4n) is 1.98. The highest BCUT2D eigenvalue weighted by Crippen LogP contribution is 2.17. The van der Waals surface area contributed by atoms with E-state index in [4.69, 9.17) is 5.73 Å². The Hall–Kier alpha value is -1.74. The van der Waals surface area contributed by atoms with Crippen LogP contribution in [0.1, 0.15) is 16.7 Å². The molecule has 0 spiro atoms. The number of nitrogens with two attached hydrogens (primary N) is 1. The van der Waals surface area contributed by atoms with E-state index in [1.165, 1.54) is 24.3 Å². The normalized spacial score (nSPS) is 10.6. The highest BCUT2D eigenvalue weighted by Gasteiger charge is 2.05. The lowest BCUT2D eigenvalue weighted by atomic mass is 9.98. The first-order valence-electron chi connectivity index (χ1n) is 5.91. The summed E-state index contributed by atoms with van der Waals surface area (Å²) < 4.78 is 26.1. The number of rotatable bonds is 4. The highest BCUT2D eigenvalue weighted by atomic mass is 19.1. The molecule has 0 aliphatic carbocycles. The van der Waals surface area contributed by atoms with Crippen LogP contribution in [0, 0.1) is 11.6 Å². The van der Waals surface area contributed by atoms with Gasteiger partial charge in [-0.1, -0.05) is 18.2 Å². The molecule has 2 N–H and O–H groups in total. The molecular formula is C15H15F2N. The van der Waals surface area contributed by atoms with E-state index in [0.717, 1.165) is 23.1 Å². The van der Waals surface area contributed by atoms with Crippen molar-refractivity contribution in [3.63, 3.8) is 0 Å². The van der Waals surface area contributed by atoms with Crippen molar-refractivity contribution in [2.24, 2.45) is 5.73 Å². The summed E-state index contributed by atoms with van der Waals surface area (Å²) in [6.07, 6.45) is 1.31. The van der Waals surface area contributed by atoms with Crippen molar-refractivity contribution >= 4 is 0 Å². The van der Waals surface area contributed by atoms with Crippen LogP contribution in [0.5, 0.6) is 0 Å². The molecule has 2 rings (SSSR count). The molecule has 1 nitrogen and oxygen atoms in total. The summed E-state index contributed by atoms with van der Waals surface area (Å²) in [4.78, 5) is 0. The summed E-state index contributed by atoms with van der Waals surface area (Å²) in [5.41, 5.74) is 8.45. The van der Waals surface area contributed by atoms with Crippen LogP contribution in [0.3, 0.4) is 0 Å². The zero-order chi connectivity index (χ0) is 13.0. The van der Waals surface area contributed by atoms with Crippen molar-refractivity contribution in [3.05, 3.63) is 70.8 Å². The van der Waals surface area contributed by atoms with Crippen LogP contribution in [-0.4, -0.2) is 6.54 Å². The average molecular weight is 247 g/mol. The summed E-state index contributed by atoms with van der Waals surface area (Å²) >= 11 is 0. The van der Waals surface area contributed by atoms with E-state index in [2.05, 4.69) is 0 Å². The molecule has 0 heterocycles. The second-order valence-electron chi connectivity index (χ2n) is 4.25. The molecule has 2 aromatic rings. The Labute approximate surface area is 105 Å². The summed E-state index contributed by atoms with van der Waals surface area (Å²) in [7, 11) is 0. The largest absolute Gasteiger partial charge is 0.330 e. The van der Waals surface area contributed by atoms with Gasteiger partial charge in [0, 0.05) is 0 Å². The van der Waals surface area contributed by atoms with Gasteiger partial charge in [0.25, 0.3) is 0 Å². The van der Waals surface area contributed by atoms with Crippen molar-refractivity contribution in [2.75, 3.05) is 6.54 Å². The van der Waals surface area contributed by atoms with Gasteiger partial charge in [0.15, 0.2) is 0 Å². The zero-order valence-electron chi connectivity index (χ0n) is 10.00. The Morgan fingerprint density at radius 2 is 1.50 bits per heavy atom. The number of halogens is 2. The maximum atomic E-state index is 13.3. The molecule has 0 saturated heterocycles. The fourth-order valence-corrected chi connectivity index (χ4v) is 1.98. The second kappa shape index (κ2) is 5.74. The van der Waals surface area contributed by atoms with Crippen LogP contribution in [0.4, 0.5) is 8.78 Å². The van der Waals surface area contributed by atoms with E-state index in [-0.39, 0.29) is 11.6 Å². The molecule has 0 radical (unpaired) electrons. The average Bonchev–Trinajstić information content (AvgIpc) is 2.36. The van der Waals surface area contributed by atoms with Crippen LogP contribution >= 0.6 is 0 Å². The van der Waals surface area contributed by atoms with Gasteiger partial charge in [-0.2, -0.15) is 0 Å². The first kappa shape index (κ1) is 12.7. The molecule has 0 aliphatic rings. The maximum absolute atomic E-state index is 13.3. The van der Waals surface area contributed by atoms with E-state index >= 15 is 0 Å². The molecule has 18 heavy (non-hydrogen) atoms. The van der Waals surface area contributed by atoms with Crippen molar-refractivity contribution in [2.45, 2.75) is 12.8 Å². The lowest BCUT2D eigenvalue weighted by molar-refractivity contribution is 0.623. The van der Waals surface area contributed by atoms with Gasteiger partial charge in [-0.15, -0.1) is 0 Å². The van der Waals surface area contributed by atoms with Gasteiger partial charge in [0.05, 0.1) is 0 Å². The first-order chi connectivity index (χ1) is 8.69. The van der Waals surface area contributed by atoms with Crippen LogP contribution in [0.25, 0.3) is 0 Å². The van der Waals surface area contributed by atoms with E-state index in [9.17, 15) is 8.78 Å². The minimum absolute atomic E-state index is 0.257. The molecule has 0 saturated carbocycles.